The van der Waals surface area contributed by atoms with Gasteiger partial charge in [0.2, 0.25) is 5.78 Å². The smallest absolute Gasteiger partial charge is 0.342 e. The van der Waals surface area contributed by atoms with Crippen molar-refractivity contribution in [3.63, 3.8) is 0 Å². The molecule has 3 aromatic carbocycles. The van der Waals surface area contributed by atoms with Gasteiger partial charge < -0.3 is 9.47 Å². The van der Waals surface area contributed by atoms with Gasteiger partial charge in [-0.2, -0.15) is 0 Å². The van der Waals surface area contributed by atoms with Crippen LogP contribution in [0, 0.1) is 13.8 Å². The Kier molecular flexibility index (Phi) is 5.90. The van der Waals surface area contributed by atoms with Crippen LogP contribution in [-0.4, -0.2) is 17.9 Å². The lowest BCUT2D eigenvalue weighted by Crippen LogP contribution is -2.24. The summed E-state index contributed by atoms with van der Waals surface area (Å²) in [7, 11) is 0. The van der Waals surface area contributed by atoms with E-state index in [2.05, 4.69) is 0 Å². The van der Waals surface area contributed by atoms with Crippen molar-refractivity contribution < 1.29 is 19.1 Å². The van der Waals surface area contributed by atoms with E-state index in [4.69, 9.17) is 9.47 Å². The zero-order chi connectivity index (χ0) is 20.1. The number of benzene rings is 3. The van der Waals surface area contributed by atoms with E-state index >= 15 is 0 Å². The lowest BCUT2D eigenvalue weighted by atomic mass is 10.0. The van der Waals surface area contributed by atoms with E-state index in [9.17, 15) is 9.59 Å². The van der Waals surface area contributed by atoms with Crippen LogP contribution in [-0.2, 0) is 4.74 Å². The SMILES string of the molecule is Cc1ccc(C(=O)[C@@H](C)OC(=O)c2ccccc2Oc2ccccc2)cc1C. The number of ketones is 1. The third-order valence-corrected chi connectivity index (χ3v) is 4.52. The van der Waals surface area contributed by atoms with Crippen molar-refractivity contribution in [1.29, 1.82) is 0 Å². The molecule has 0 aliphatic heterocycles. The molecule has 28 heavy (non-hydrogen) atoms. The Hall–Kier alpha value is -3.40. The van der Waals surface area contributed by atoms with Gasteiger partial charge in [-0.15, -0.1) is 0 Å². The molecule has 0 spiro atoms. The van der Waals surface area contributed by atoms with Gasteiger partial charge in [0.1, 0.15) is 17.1 Å². The van der Waals surface area contributed by atoms with E-state index in [0.717, 1.165) is 11.1 Å². The molecule has 0 saturated carbocycles. The maximum Gasteiger partial charge on any atom is 0.342 e. The highest BCUT2D eigenvalue weighted by Crippen LogP contribution is 2.26. The van der Waals surface area contributed by atoms with E-state index in [1.54, 1.807) is 49.4 Å². The number of hydrogen-bond acceptors (Lipinski definition) is 4. The molecule has 0 N–H and O–H groups in total. The Balaban J connectivity index is 1.75. The first-order chi connectivity index (χ1) is 13.5. The van der Waals surface area contributed by atoms with Crippen molar-refractivity contribution in [2.75, 3.05) is 0 Å². The number of rotatable bonds is 6. The van der Waals surface area contributed by atoms with Gasteiger partial charge in [0, 0.05) is 5.56 Å². The molecule has 0 bridgehead atoms. The second-order valence-corrected chi connectivity index (χ2v) is 6.62. The molecule has 0 amide bonds. The fourth-order valence-electron chi connectivity index (χ4n) is 2.75. The molecule has 0 aromatic heterocycles. The third kappa shape index (κ3) is 4.46. The highest BCUT2D eigenvalue weighted by Gasteiger charge is 2.23. The first-order valence-electron chi connectivity index (χ1n) is 9.10. The monoisotopic (exact) mass is 374 g/mol. The molecular formula is C24H22O4. The Labute approximate surface area is 164 Å². The molecule has 3 aromatic rings. The van der Waals surface area contributed by atoms with Crippen molar-refractivity contribution >= 4 is 11.8 Å². The van der Waals surface area contributed by atoms with Crippen molar-refractivity contribution in [2.24, 2.45) is 0 Å². The zero-order valence-electron chi connectivity index (χ0n) is 16.1. The van der Waals surface area contributed by atoms with E-state index in [0.29, 0.717) is 17.1 Å². The number of carbonyl (C=O) groups excluding carboxylic acids is 2. The van der Waals surface area contributed by atoms with Gasteiger partial charge in [-0.05, 0) is 62.2 Å². The van der Waals surface area contributed by atoms with Gasteiger partial charge >= 0.3 is 5.97 Å². The molecule has 142 valence electrons. The number of aryl methyl sites for hydroxylation is 2. The maximum atomic E-state index is 12.7. The van der Waals surface area contributed by atoms with Crippen LogP contribution in [0.25, 0.3) is 0 Å². The average Bonchev–Trinajstić information content (AvgIpc) is 2.70. The molecule has 0 aliphatic rings. The minimum atomic E-state index is -0.903. The Morgan fingerprint density at radius 1 is 0.821 bits per heavy atom. The minimum Gasteiger partial charge on any atom is -0.456 e. The molecule has 1 atom stereocenters. The minimum absolute atomic E-state index is 0.238. The van der Waals surface area contributed by atoms with E-state index in [-0.39, 0.29) is 11.3 Å². The highest BCUT2D eigenvalue weighted by molar-refractivity contribution is 6.02. The van der Waals surface area contributed by atoms with Gasteiger partial charge in [-0.1, -0.05) is 42.5 Å². The molecule has 0 saturated heterocycles. The summed E-state index contributed by atoms with van der Waals surface area (Å²) in [6.07, 6.45) is -0.903. The summed E-state index contributed by atoms with van der Waals surface area (Å²) in [6.45, 7) is 5.51. The standard InChI is InChI=1S/C24H22O4/c1-16-13-14-19(15-17(16)2)23(25)18(3)27-24(26)21-11-7-8-12-22(21)28-20-9-5-4-6-10-20/h4-15,18H,1-3H3/t18-/m1/s1. The van der Waals surface area contributed by atoms with Gasteiger partial charge in [-0.3, -0.25) is 4.79 Å². The zero-order valence-corrected chi connectivity index (χ0v) is 16.1. The quantitative estimate of drug-likeness (QED) is 0.421. The normalized spacial score (nSPS) is 11.5. The van der Waals surface area contributed by atoms with Crippen LogP contribution < -0.4 is 4.74 Å². The maximum absolute atomic E-state index is 12.7. The van der Waals surface area contributed by atoms with Gasteiger partial charge in [-0.25, -0.2) is 4.79 Å². The lowest BCUT2D eigenvalue weighted by Gasteiger charge is -2.15. The van der Waals surface area contributed by atoms with Gasteiger partial charge in [0.25, 0.3) is 0 Å². The number of hydrogen-bond donors (Lipinski definition) is 0. The summed E-state index contributed by atoms with van der Waals surface area (Å²) in [5.74, 6) is 0.153. The van der Waals surface area contributed by atoms with Gasteiger partial charge in [0.15, 0.2) is 6.10 Å². The van der Waals surface area contributed by atoms with Crippen LogP contribution >= 0.6 is 0 Å². The summed E-state index contributed by atoms with van der Waals surface area (Å²) >= 11 is 0. The van der Waals surface area contributed by atoms with E-state index in [1.165, 1.54) is 0 Å². The second kappa shape index (κ2) is 8.53. The number of esters is 1. The molecule has 0 heterocycles. The summed E-state index contributed by atoms with van der Waals surface area (Å²) < 4.78 is 11.2. The predicted molar refractivity (Wildman–Crippen MR) is 108 cm³/mol. The Bertz CT molecular complexity index is 992. The first-order valence-corrected chi connectivity index (χ1v) is 9.10. The summed E-state index contributed by atoms with van der Waals surface area (Å²) in [5, 5.41) is 0. The number of ether oxygens (including phenoxy) is 2. The summed E-state index contributed by atoms with van der Waals surface area (Å²) in [6, 6.07) is 21.4. The molecule has 4 nitrogen and oxygen atoms in total. The Morgan fingerprint density at radius 2 is 1.50 bits per heavy atom. The number of carbonyl (C=O) groups is 2. The van der Waals surface area contributed by atoms with Crippen LogP contribution in [0.2, 0.25) is 0 Å². The number of Topliss-reactive ketones (excluding diaryl/α,β-unsaturated/α-hetero) is 1. The second-order valence-electron chi connectivity index (χ2n) is 6.62. The fraction of sp³-hybridized carbons (Fsp3) is 0.167. The van der Waals surface area contributed by atoms with E-state index < -0.39 is 12.1 Å². The lowest BCUT2D eigenvalue weighted by molar-refractivity contribution is 0.0316. The molecule has 0 fully saturated rings. The fourth-order valence-corrected chi connectivity index (χ4v) is 2.75. The van der Waals surface area contributed by atoms with Crippen molar-refractivity contribution in [3.05, 3.63) is 95.1 Å². The Morgan fingerprint density at radius 3 is 2.21 bits per heavy atom. The predicted octanol–water partition coefficient (Wildman–Crippen LogP) is 5.52. The average molecular weight is 374 g/mol. The summed E-state index contributed by atoms with van der Waals surface area (Å²) in [4.78, 5) is 25.3. The van der Waals surface area contributed by atoms with Crippen LogP contribution in [0.4, 0.5) is 0 Å². The topological polar surface area (TPSA) is 52.6 Å². The van der Waals surface area contributed by atoms with Crippen LogP contribution in [0.1, 0.15) is 38.8 Å². The first kappa shape index (κ1) is 19.4. The highest BCUT2D eigenvalue weighted by atomic mass is 16.5. The van der Waals surface area contributed by atoms with Crippen molar-refractivity contribution in [1.82, 2.24) is 0 Å². The largest absolute Gasteiger partial charge is 0.456 e. The van der Waals surface area contributed by atoms with Crippen LogP contribution in [0.15, 0.2) is 72.8 Å². The van der Waals surface area contributed by atoms with Gasteiger partial charge in [0.05, 0.1) is 0 Å². The molecule has 0 unspecified atom stereocenters. The van der Waals surface area contributed by atoms with Crippen molar-refractivity contribution in [3.8, 4) is 11.5 Å². The number of para-hydroxylation sites is 2. The van der Waals surface area contributed by atoms with Crippen LogP contribution in [0.3, 0.4) is 0 Å². The molecule has 3 rings (SSSR count). The van der Waals surface area contributed by atoms with E-state index in [1.807, 2.05) is 44.2 Å². The third-order valence-electron chi connectivity index (χ3n) is 4.52. The molecular weight excluding hydrogens is 352 g/mol. The molecule has 0 aliphatic carbocycles. The molecule has 4 heteroatoms. The summed E-state index contributed by atoms with van der Waals surface area (Å²) in [5.41, 5.74) is 2.92. The molecule has 0 radical (unpaired) electrons. The van der Waals surface area contributed by atoms with Crippen molar-refractivity contribution in [2.45, 2.75) is 26.9 Å². The van der Waals surface area contributed by atoms with Crippen LogP contribution in [0.5, 0.6) is 11.5 Å².